The van der Waals surface area contributed by atoms with E-state index in [0.29, 0.717) is 6.61 Å². The number of nitrogens with zero attached hydrogens (tertiary/aromatic N) is 5. The molecule has 2 aromatic rings. The van der Waals surface area contributed by atoms with E-state index in [0.717, 1.165) is 50.0 Å². The van der Waals surface area contributed by atoms with Gasteiger partial charge in [-0.3, -0.25) is 4.90 Å². The van der Waals surface area contributed by atoms with Crippen LogP contribution in [0.15, 0.2) is 24.3 Å². The minimum Gasteiger partial charge on any atom is -0.494 e. The van der Waals surface area contributed by atoms with Gasteiger partial charge in [0, 0.05) is 26.2 Å². The number of rotatable bonds is 5. The second-order valence-corrected chi connectivity index (χ2v) is 4.96. The van der Waals surface area contributed by atoms with Crippen molar-refractivity contribution in [2.24, 2.45) is 0 Å². The zero-order valence-corrected chi connectivity index (χ0v) is 12.2. The van der Waals surface area contributed by atoms with Gasteiger partial charge in [0.1, 0.15) is 5.75 Å². The number of tetrazole rings is 1. The van der Waals surface area contributed by atoms with Gasteiger partial charge in [0.05, 0.1) is 18.8 Å². The molecule has 3 rings (SSSR count). The van der Waals surface area contributed by atoms with E-state index < -0.39 is 0 Å². The number of benzene rings is 1. The standard InChI is InChI=1S/C14H20N6O/c1-2-21-13-5-3-12(4-6-13)20-14(16-17-18-20)11-19-9-7-15-8-10-19/h3-6,15H,2,7-11H2,1H3. The van der Waals surface area contributed by atoms with E-state index in [9.17, 15) is 0 Å². The van der Waals surface area contributed by atoms with Gasteiger partial charge in [0.2, 0.25) is 0 Å². The second kappa shape index (κ2) is 6.64. The zero-order valence-electron chi connectivity index (χ0n) is 12.2. The van der Waals surface area contributed by atoms with Crippen LogP contribution in [0, 0.1) is 0 Å². The van der Waals surface area contributed by atoms with Crippen molar-refractivity contribution in [2.45, 2.75) is 13.5 Å². The van der Waals surface area contributed by atoms with Gasteiger partial charge >= 0.3 is 0 Å². The van der Waals surface area contributed by atoms with Gasteiger partial charge in [-0.2, -0.15) is 4.68 Å². The number of piperazine rings is 1. The van der Waals surface area contributed by atoms with Crippen molar-refractivity contribution in [1.29, 1.82) is 0 Å². The summed E-state index contributed by atoms with van der Waals surface area (Å²) in [7, 11) is 0. The van der Waals surface area contributed by atoms with Crippen LogP contribution in [-0.2, 0) is 6.54 Å². The molecule has 0 unspecified atom stereocenters. The molecule has 0 amide bonds. The van der Waals surface area contributed by atoms with Gasteiger partial charge in [-0.15, -0.1) is 5.10 Å². The fourth-order valence-corrected chi connectivity index (χ4v) is 2.42. The molecule has 7 heteroatoms. The van der Waals surface area contributed by atoms with E-state index in [-0.39, 0.29) is 0 Å². The summed E-state index contributed by atoms with van der Waals surface area (Å²) in [6, 6.07) is 7.83. The molecule has 0 saturated carbocycles. The van der Waals surface area contributed by atoms with E-state index in [1.54, 1.807) is 4.68 Å². The molecule has 1 aromatic carbocycles. The Bertz CT molecular complexity index is 561. The van der Waals surface area contributed by atoms with Crippen LogP contribution in [0.5, 0.6) is 5.75 Å². The molecule has 1 aliphatic rings. The van der Waals surface area contributed by atoms with Crippen molar-refractivity contribution in [1.82, 2.24) is 30.4 Å². The molecule has 2 heterocycles. The topological polar surface area (TPSA) is 68.1 Å². The van der Waals surface area contributed by atoms with Crippen molar-refractivity contribution in [3.05, 3.63) is 30.1 Å². The first kappa shape index (κ1) is 14.0. The lowest BCUT2D eigenvalue weighted by Gasteiger charge is -2.26. The SMILES string of the molecule is CCOc1ccc(-n2nnnc2CN2CCNCC2)cc1. The quantitative estimate of drug-likeness (QED) is 0.862. The Balaban J connectivity index is 1.74. The summed E-state index contributed by atoms with van der Waals surface area (Å²) < 4.78 is 7.24. The summed E-state index contributed by atoms with van der Waals surface area (Å²) >= 11 is 0. The molecule has 21 heavy (non-hydrogen) atoms. The smallest absolute Gasteiger partial charge is 0.170 e. The first-order valence-corrected chi connectivity index (χ1v) is 7.30. The van der Waals surface area contributed by atoms with Crippen LogP contribution in [0.25, 0.3) is 5.69 Å². The van der Waals surface area contributed by atoms with Crippen molar-refractivity contribution in [2.75, 3.05) is 32.8 Å². The first-order chi connectivity index (χ1) is 10.4. The lowest BCUT2D eigenvalue weighted by Crippen LogP contribution is -2.43. The Kier molecular flexibility index (Phi) is 4.42. The molecular weight excluding hydrogens is 268 g/mol. The fourth-order valence-electron chi connectivity index (χ4n) is 2.42. The van der Waals surface area contributed by atoms with Gasteiger partial charge < -0.3 is 10.1 Å². The van der Waals surface area contributed by atoms with E-state index in [1.807, 2.05) is 31.2 Å². The van der Waals surface area contributed by atoms with Gasteiger partial charge in [0.15, 0.2) is 5.82 Å². The van der Waals surface area contributed by atoms with Crippen molar-refractivity contribution in [3.8, 4) is 11.4 Å². The highest BCUT2D eigenvalue weighted by atomic mass is 16.5. The molecule has 112 valence electrons. The third kappa shape index (κ3) is 3.37. The maximum absolute atomic E-state index is 5.45. The molecule has 1 aromatic heterocycles. The fraction of sp³-hybridized carbons (Fsp3) is 0.500. The molecule has 1 fully saturated rings. The first-order valence-electron chi connectivity index (χ1n) is 7.30. The number of aromatic nitrogens is 4. The van der Waals surface area contributed by atoms with E-state index in [1.165, 1.54) is 0 Å². The monoisotopic (exact) mass is 288 g/mol. The molecule has 0 aliphatic carbocycles. The Morgan fingerprint density at radius 1 is 1.19 bits per heavy atom. The van der Waals surface area contributed by atoms with Crippen LogP contribution in [0.2, 0.25) is 0 Å². The van der Waals surface area contributed by atoms with Crippen LogP contribution in [0.4, 0.5) is 0 Å². The van der Waals surface area contributed by atoms with Gasteiger partial charge in [-0.25, -0.2) is 0 Å². The lowest BCUT2D eigenvalue weighted by atomic mass is 10.3. The minimum absolute atomic E-state index is 0.665. The summed E-state index contributed by atoms with van der Waals surface area (Å²) in [5, 5.41) is 15.4. The number of hydrogen-bond acceptors (Lipinski definition) is 6. The van der Waals surface area contributed by atoms with Crippen LogP contribution in [-0.4, -0.2) is 57.9 Å². The number of nitrogens with one attached hydrogen (secondary N) is 1. The van der Waals surface area contributed by atoms with Crippen molar-refractivity contribution in [3.63, 3.8) is 0 Å². The number of hydrogen-bond donors (Lipinski definition) is 1. The van der Waals surface area contributed by atoms with E-state index >= 15 is 0 Å². The molecule has 0 radical (unpaired) electrons. The minimum atomic E-state index is 0.665. The highest BCUT2D eigenvalue weighted by Crippen LogP contribution is 2.16. The highest BCUT2D eigenvalue weighted by Gasteiger charge is 2.15. The van der Waals surface area contributed by atoms with Crippen molar-refractivity contribution >= 4 is 0 Å². The third-order valence-electron chi connectivity index (χ3n) is 3.50. The second-order valence-electron chi connectivity index (χ2n) is 4.96. The molecule has 1 aliphatic heterocycles. The van der Waals surface area contributed by atoms with Gasteiger partial charge in [-0.1, -0.05) is 0 Å². The Morgan fingerprint density at radius 2 is 1.95 bits per heavy atom. The van der Waals surface area contributed by atoms with Crippen LogP contribution >= 0.6 is 0 Å². The Morgan fingerprint density at radius 3 is 2.67 bits per heavy atom. The summed E-state index contributed by atoms with van der Waals surface area (Å²) in [6.45, 7) is 7.49. The van der Waals surface area contributed by atoms with Crippen LogP contribution in [0.1, 0.15) is 12.7 Å². The zero-order chi connectivity index (χ0) is 14.5. The largest absolute Gasteiger partial charge is 0.494 e. The normalized spacial score (nSPS) is 16.0. The molecule has 0 spiro atoms. The summed E-state index contributed by atoms with van der Waals surface area (Å²) in [6.07, 6.45) is 0. The Hall–Kier alpha value is -1.99. The third-order valence-corrected chi connectivity index (χ3v) is 3.50. The molecule has 1 saturated heterocycles. The van der Waals surface area contributed by atoms with E-state index in [2.05, 4.69) is 25.7 Å². The summed E-state index contributed by atoms with van der Waals surface area (Å²) in [4.78, 5) is 2.35. The number of ether oxygens (including phenoxy) is 1. The highest BCUT2D eigenvalue weighted by molar-refractivity contribution is 5.37. The predicted molar refractivity (Wildman–Crippen MR) is 78.5 cm³/mol. The van der Waals surface area contributed by atoms with Gasteiger partial charge in [-0.05, 0) is 41.6 Å². The Labute approximate surface area is 123 Å². The van der Waals surface area contributed by atoms with E-state index in [4.69, 9.17) is 4.74 Å². The molecule has 1 N–H and O–H groups in total. The molecular formula is C14H20N6O. The van der Waals surface area contributed by atoms with Crippen LogP contribution < -0.4 is 10.1 Å². The molecule has 0 bridgehead atoms. The maximum atomic E-state index is 5.45. The average molecular weight is 288 g/mol. The maximum Gasteiger partial charge on any atom is 0.170 e. The van der Waals surface area contributed by atoms with Crippen LogP contribution in [0.3, 0.4) is 0 Å². The molecule has 0 atom stereocenters. The van der Waals surface area contributed by atoms with Gasteiger partial charge in [0.25, 0.3) is 0 Å². The molecule has 7 nitrogen and oxygen atoms in total. The predicted octanol–water partition coefficient (Wildman–Crippen LogP) is 0.466. The summed E-state index contributed by atoms with van der Waals surface area (Å²) in [5.74, 6) is 1.72. The lowest BCUT2D eigenvalue weighted by molar-refractivity contribution is 0.226. The summed E-state index contributed by atoms with van der Waals surface area (Å²) in [5.41, 5.74) is 0.952. The van der Waals surface area contributed by atoms with Crippen molar-refractivity contribution < 1.29 is 4.74 Å². The average Bonchev–Trinajstić information content (AvgIpc) is 2.98.